The molecule has 4 aromatic rings. The average Bonchev–Trinajstić information content (AvgIpc) is 3.23. The van der Waals surface area contributed by atoms with Gasteiger partial charge in [-0.1, -0.05) is 36.4 Å². The van der Waals surface area contributed by atoms with Crippen LogP contribution in [0.3, 0.4) is 0 Å². The Balaban J connectivity index is 1.70. The summed E-state index contributed by atoms with van der Waals surface area (Å²) in [5.74, 6) is -2.63. The Labute approximate surface area is 180 Å². The summed E-state index contributed by atoms with van der Waals surface area (Å²) in [5.41, 5.74) is 0.630. The molecule has 7 nitrogen and oxygen atoms in total. The maximum Gasteiger partial charge on any atom is 0.247 e. The number of halogens is 2. The minimum absolute atomic E-state index is 0.138. The summed E-state index contributed by atoms with van der Waals surface area (Å²) in [4.78, 5) is 12.8. The van der Waals surface area contributed by atoms with Gasteiger partial charge in [0.1, 0.15) is 33.6 Å². The molecule has 0 bridgehead atoms. The molecule has 0 radical (unpaired) electrons. The number of carbonyl (C=O) groups excluding carboxylic acids is 1. The maximum atomic E-state index is 14.0. The number of nitrogens with zero attached hydrogens (tertiary/aromatic N) is 2. The highest BCUT2D eigenvalue weighted by molar-refractivity contribution is 7.89. The van der Waals surface area contributed by atoms with Crippen molar-refractivity contribution in [1.82, 2.24) is 13.5 Å². The first-order chi connectivity index (χ1) is 14.8. The zero-order chi connectivity index (χ0) is 22.0. The van der Waals surface area contributed by atoms with E-state index in [1.807, 2.05) is 0 Å². The van der Waals surface area contributed by atoms with Gasteiger partial charge < -0.3 is 5.32 Å². The molecule has 1 amide bonds. The van der Waals surface area contributed by atoms with Crippen molar-refractivity contribution in [2.75, 3.05) is 5.32 Å². The van der Waals surface area contributed by atoms with Crippen LogP contribution in [0.5, 0.6) is 0 Å². The largest absolute Gasteiger partial charge is 0.322 e. The van der Waals surface area contributed by atoms with Crippen LogP contribution in [0.25, 0.3) is 11.0 Å². The van der Waals surface area contributed by atoms with Gasteiger partial charge in [-0.3, -0.25) is 4.79 Å². The van der Waals surface area contributed by atoms with Crippen molar-refractivity contribution in [2.24, 2.45) is 0 Å². The molecular weight excluding hydrogens is 446 g/mol. The zero-order valence-corrected chi connectivity index (χ0v) is 17.3. The lowest BCUT2D eigenvalue weighted by molar-refractivity contribution is -0.117. The monoisotopic (exact) mass is 460 g/mol. The second-order valence-corrected chi connectivity index (χ2v) is 8.68. The fraction of sp³-hybridized carbons (Fsp3) is 0.0500. The predicted octanol–water partition coefficient (Wildman–Crippen LogP) is 3.63. The molecule has 1 aromatic heterocycles. The number of nitrogens with one attached hydrogen (secondary N) is 2. The summed E-state index contributed by atoms with van der Waals surface area (Å²) in [6, 6.07) is 13.8. The summed E-state index contributed by atoms with van der Waals surface area (Å²) < 4.78 is 63.8. The Morgan fingerprint density at radius 2 is 1.74 bits per heavy atom. The van der Waals surface area contributed by atoms with E-state index in [2.05, 4.69) is 18.8 Å². The summed E-state index contributed by atoms with van der Waals surface area (Å²) in [5, 5.41) is 2.31. The number of rotatable bonds is 6. The number of carbonyl (C=O) groups is 1. The average molecular weight is 460 g/mol. The molecule has 0 spiro atoms. The molecule has 4 rings (SSSR count). The van der Waals surface area contributed by atoms with Gasteiger partial charge in [-0.2, -0.15) is 13.5 Å². The van der Waals surface area contributed by atoms with Crippen molar-refractivity contribution < 1.29 is 22.0 Å². The van der Waals surface area contributed by atoms with Crippen LogP contribution in [0.2, 0.25) is 0 Å². The topological polar surface area (TPSA) is 101 Å². The fourth-order valence-electron chi connectivity index (χ4n) is 2.93. The third-order valence-electron chi connectivity index (χ3n) is 4.40. The van der Waals surface area contributed by atoms with Gasteiger partial charge in [-0.15, -0.1) is 0 Å². The molecule has 0 fully saturated rings. The van der Waals surface area contributed by atoms with Gasteiger partial charge in [0.25, 0.3) is 0 Å². The zero-order valence-electron chi connectivity index (χ0n) is 15.6. The molecule has 3 aromatic carbocycles. The smallest absolute Gasteiger partial charge is 0.247 e. The highest BCUT2D eigenvalue weighted by Crippen LogP contribution is 2.25. The normalized spacial score (nSPS) is 12.6. The molecule has 1 heterocycles. The van der Waals surface area contributed by atoms with E-state index < -0.39 is 33.6 Å². The molecular formula is C20H14F2N4O3S2. The second kappa shape index (κ2) is 8.46. The number of sulfonamides is 1. The lowest BCUT2D eigenvalue weighted by Crippen LogP contribution is -2.37. The van der Waals surface area contributed by atoms with Crippen LogP contribution in [0.15, 0.2) is 71.6 Å². The second-order valence-electron chi connectivity index (χ2n) is 6.47. The molecule has 0 aliphatic heterocycles. The van der Waals surface area contributed by atoms with E-state index in [1.165, 1.54) is 12.1 Å². The van der Waals surface area contributed by atoms with Gasteiger partial charge in [-0.05, 0) is 29.8 Å². The maximum absolute atomic E-state index is 14.0. The Kier molecular flexibility index (Phi) is 5.72. The molecule has 0 aliphatic rings. The van der Waals surface area contributed by atoms with Crippen LogP contribution in [0.4, 0.5) is 14.5 Å². The molecule has 1 atom stereocenters. The third-order valence-corrected chi connectivity index (χ3v) is 6.39. The van der Waals surface area contributed by atoms with Crippen molar-refractivity contribution in [3.63, 3.8) is 0 Å². The molecule has 0 unspecified atom stereocenters. The van der Waals surface area contributed by atoms with E-state index >= 15 is 0 Å². The number of fused-ring (bicyclic) bond motifs is 1. The highest BCUT2D eigenvalue weighted by Gasteiger charge is 2.29. The van der Waals surface area contributed by atoms with Gasteiger partial charge in [0, 0.05) is 6.07 Å². The number of hydrogen-bond donors (Lipinski definition) is 2. The molecule has 0 saturated heterocycles. The molecule has 0 aliphatic carbocycles. The van der Waals surface area contributed by atoms with E-state index in [-0.39, 0.29) is 16.1 Å². The van der Waals surface area contributed by atoms with E-state index in [0.717, 1.165) is 23.9 Å². The van der Waals surface area contributed by atoms with E-state index in [0.29, 0.717) is 17.1 Å². The predicted molar refractivity (Wildman–Crippen MR) is 112 cm³/mol. The van der Waals surface area contributed by atoms with E-state index in [9.17, 15) is 22.0 Å². The van der Waals surface area contributed by atoms with Crippen LogP contribution >= 0.6 is 11.7 Å². The quantitative estimate of drug-likeness (QED) is 0.458. The molecule has 11 heteroatoms. The van der Waals surface area contributed by atoms with E-state index in [1.54, 1.807) is 36.4 Å². The number of benzene rings is 3. The van der Waals surface area contributed by atoms with Gasteiger partial charge in [0.2, 0.25) is 15.9 Å². The van der Waals surface area contributed by atoms with Crippen molar-refractivity contribution in [1.29, 1.82) is 0 Å². The summed E-state index contributed by atoms with van der Waals surface area (Å²) in [7, 11) is -4.22. The number of aromatic nitrogens is 2. The molecule has 158 valence electrons. The standard InChI is InChI=1S/C20H14F2N4O3S2/c21-13-9-10-15(14(22)11-13)23-20(27)18(12-5-2-1-3-6-12)26-31(28,29)17-8-4-7-16-19(17)25-30-24-16/h1-11,18,26H,(H,23,27)/t18-/m0/s1. The first kappa shape index (κ1) is 21.0. The van der Waals surface area contributed by atoms with Crippen LogP contribution in [0.1, 0.15) is 11.6 Å². The third kappa shape index (κ3) is 4.43. The van der Waals surface area contributed by atoms with Gasteiger partial charge in [0.05, 0.1) is 17.4 Å². The van der Waals surface area contributed by atoms with E-state index in [4.69, 9.17) is 0 Å². The van der Waals surface area contributed by atoms with Crippen molar-refractivity contribution in [3.05, 3.63) is 83.9 Å². The fourth-order valence-corrected chi connectivity index (χ4v) is 4.88. The molecule has 31 heavy (non-hydrogen) atoms. The van der Waals surface area contributed by atoms with Crippen LogP contribution in [0, 0.1) is 11.6 Å². The van der Waals surface area contributed by atoms with Crippen LogP contribution in [-0.4, -0.2) is 23.1 Å². The van der Waals surface area contributed by atoms with Crippen molar-refractivity contribution in [3.8, 4) is 0 Å². The number of anilines is 1. The Bertz CT molecular complexity index is 1360. The first-order valence-corrected chi connectivity index (χ1v) is 11.1. The Hall–Kier alpha value is -3.28. The SMILES string of the molecule is O=C(Nc1ccc(F)cc1F)[C@@H](NS(=O)(=O)c1cccc2nsnc12)c1ccccc1. The Morgan fingerprint density at radius 1 is 0.968 bits per heavy atom. The van der Waals surface area contributed by atoms with Crippen LogP contribution < -0.4 is 10.0 Å². The number of amides is 1. The Morgan fingerprint density at radius 3 is 2.48 bits per heavy atom. The van der Waals surface area contributed by atoms with Gasteiger partial charge >= 0.3 is 0 Å². The van der Waals surface area contributed by atoms with Gasteiger partial charge in [-0.25, -0.2) is 17.2 Å². The number of hydrogen-bond acceptors (Lipinski definition) is 6. The van der Waals surface area contributed by atoms with Crippen LogP contribution in [-0.2, 0) is 14.8 Å². The minimum Gasteiger partial charge on any atom is -0.322 e. The molecule has 0 saturated carbocycles. The minimum atomic E-state index is -4.22. The van der Waals surface area contributed by atoms with Gasteiger partial charge in [0.15, 0.2) is 0 Å². The summed E-state index contributed by atoms with van der Waals surface area (Å²) in [6.45, 7) is 0. The highest BCUT2D eigenvalue weighted by atomic mass is 32.2. The summed E-state index contributed by atoms with van der Waals surface area (Å²) >= 11 is 0.865. The summed E-state index contributed by atoms with van der Waals surface area (Å²) in [6.07, 6.45) is 0. The first-order valence-electron chi connectivity index (χ1n) is 8.89. The molecule has 2 N–H and O–H groups in total. The lowest BCUT2D eigenvalue weighted by atomic mass is 10.1. The lowest BCUT2D eigenvalue weighted by Gasteiger charge is -2.19. The van der Waals surface area contributed by atoms with Crippen molar-refractivity contribution in [2.45, 2.75) is 10.9 Å². The van der Waals surface area contributed by atoms with Crippen molar-refractivity contribution >= 4 is 44.4 Å².